The molecule has 36 heavy (non-hydrogen) atoms. The second-order valence-corrected chi connectivity index (χ2v) is 9.31. The third-order valence-electron chi connectivity index (χ3n) is 5.85. The number of aromatic carboxylic acids is 2. The summed E-state index contributed by atoms with van der Waals surface area (Å²) < 4.78 is 18.2. The molecule has 0 radical (unpaired) electrons. The van der Waals surface area contributed by atoms with Crippen molar-refractivity contribution in [3.8, 4) is 17.2 Å². The van der Waals surface area contributed by atoms with Crippen molar-refractivity contribution in [3.05, 3.63) is 53.1 Å². The summed E-state index contributed by atoms with van der Waals surface area (Å²) in [6.45, 7) is 8.55. The third kappa shape index (κ3) is 10.2. The van der Waals surface area contributed by atoms with Crippen LogP contribution in [0.1, 0.15) is 105 Å². The SMILES string of the molecule is CCCCCC(C)Oc1cc(COc2cc(C(=O)O)cc(C(=O)O)c2)cc(OC(C)CCCCC)c1. The maximum atomic E-state index is 11.4. The lowest BCUT2D eigenvalue weighted by atomic mass is 10.1. The number of rotatable bonds is 17. The van der Waals surface area contributed by atoms with Crippen LogP contribution in [-0.4, -0.2) is 34.4 Å². The Bertz CT molecular complexity index is 917. The predicted molar refractivity (Wildman–Crippen MR) is 140 cm³/mol. The Balaban J connectivity index is 2.21. The van der Waals surface area contributed by atoms with E-state index in [1.165, 1.54) is 25.0 Å². The maximum absolute atomic E-state index is 11.4. The minimum atomic E-state index is -1.22. The lowest BCUT2D eigenvalue weighted by Crippen LogP contribution is -2.14. The average Bonchev–Trinajstić information content (AvgIpc) is 2.82. The number of carbonyl (C=O) groups is 2. The molecule has 0 saturated heterocycles. The largest absolute Gasteiger partial charge is 0.491 e. The fraction of sp³-hybridized carbons (Fsp3) is 0.517. The second kappa shape index (κ2) is 15.0. The van der Waals surface area contributed by atoms with Crippen LogP contribution in [0.3, 0.4) is 0 Å². The smallest absolute Gasteiger partial charge is 0.335 e. The molecule has 0 aliphatic carbocycles. The van der Waals surface area contributed by atoms with Crippen molar-refractivity contribution in [2.24, 2.45) is 0 Å². The van der Waals surface area contributed by atoms with Crippen molar-refractivity contribution < 1.29 is 34.0 Å². The molecule has 7 nitrogen and oxygen atoms in total. The summed E-state index contributed by atoms with van der Waals surface area (Å²) in [4.78, 5) is 22.8. The molecule has 2 atom stereocenters. The minimum absolute atomic E-state index is 0.0490. The standard InChI is InChI=1S/C29H40O7/c1-5-7-9-11-20(3)35-26-13-22(14-27(18-26)36-21(4)12-10-8-6-2)19-34-25-16-23(28(30)31)15-24(17-25)29(32)33/h13-18,20-21H,5-12,19H2,1-4H3,(H,30,31)(H,32,33). The molecule has 0 fully saturated rings. The van der Waals surface area contributed by atoms with Crippen molar-refractivity contribution >= 4 is 11.9 Å². The van der Waals surface area contributed by atoms with Gasteiger partial charge < -0.3 is 24.4 Å². The molecule has 0 saturated carbocycles. The topological polar surface area (TPSA) is 102 Å². The molecule has 2 rings (SSSR count). The van der Waals surface area contributed by atoms with E-state index in [4.69, 9.17) is 14.2 Å². The molecule has 2 aromatic carbocycles. The van der Waals surface area contributed by atoms with Crippen molar-refractivity contribution in [1.82, 2.24) is 0 Å². The van der Waals surface area contributed by atoms with Gasteiger partial charge in [-0.3, -0.25) is 0 Å². The molecular formula is C29H40O7. The fourth-order valence-corrected chi connectivity index (χ4v) is 3.89. The van der Waals surface area contributed by atoms with Crippen LogP contribution in [0.5, 0.6) is 17.2 Å². The Labute approximate surface area is 214 Å². The molecule has 0 aliphatic rings. The van der Waals surface area contributed by atoms with Crippen LogP contribution in [-0.2, 0) is 6.61 Å². The van der Waals surface area contributed by atoms with E-state index < -0.39 is 11.9 Å². The molecule has 7 heteroatoms. The predicted octanol–water partition coefficient (Wildman–Crippen LogP) is 7.36. The van der Waals surface area contributed by atoms with Gasteiger partial charge in [0.05, 0.1) is 23.3 Å². The Kier molecular flexibility index (Phi) is 12.1. The van der Waals surface area contributed by atoms with Crippen LogP contribution >= 0.6 is 0 Å². The Morgan fingerprint density at radius 2 is 1.17 bits per heavy atom. The highest BCUT2D eigenvalue weighted by Gasteiger charge is 2.14. The highest BCUT2D eigenvalue weighted by Crippen LogP contribution is 2.28. The second-order valence-electron chi connectivity index (χ2n) is 9.31. The van der Waals surface area contributed by atoms with E-state index in [2.05, 4.69) is 27.7 Å². The molecular weight excluding hydrogens is 460 g/mol. The van der Waals surface area contributed by atoms with Gasteiger partial charge in [-0.05, 0) is 75.4 Å². The summed E-state index contributed by atoms with van der Waals surface area (Å²) >= 11 is 0. The van der Waals surface area contributed by atoms with Gasteiger partial charge in [-0.15, -0.1) is 0 Å². The first-order valence-corrected chi connectivity index (χ1v) is 12.9. The Morgan fingerprint density at radius 1 is 0.694 bits per heavy atom. The summed E-state index contributed by atoms with van der Waals surface area (Å²) in [6.07, 6.45) is 8.85. The number of benzene rings is 2. The minimum Gasteiger partial charge on any atom is -0.491 e. The molecule has 0 amide bonds. The van der Waals surface area contributed by atoms with Crippen LogP contribution in [0.2, 0.25) is 0 Å². The monoisotopic (exact) mass is 500 g/mol. The van der Waals surface area contributed by atoms with E-state index in [-0.39, 0.29) is 35.7 Å². The summed E-state index contributed by atoms with van der Waals surface area (Å²) in [7, 11) is 0. The fourth-order valence-electron chi connectivity index (χ4n) is 3.89. The van der Waals surface area contributed by atoms with Gasteiger partial charge >= 0.3 is 11.9 Å². The highest BCUT2D eigenvalue weighted by atomic mass is 16.5. The number of hydrogen-bond donors (Lipinski definition) is 2. The zero-order valence-electron chi connectivity index (χ0n) is 21.9. The molecule has 0 aromatic heterocycles. The van der Waals surface area contributed by atoms with Gasteiger partial charge in [-0.1, -0.05) is 39.5 Å². The van der Waals surface area contributed by atoms with Crippen molar-refractivity contribution in [2.45, 2.75) is 97.9 Å². The molecule has 198 valence electrons. The summed E-state index contributed by atoms with van der Waals surface area (Å²) in [5.41, 5.74) is 0.488. The van der Waals surface area contributed by atoms with Gasteiger partial charge in [0.2, 0.25) is 0 Å². The quantitative estimate of drug-likeness (QED) is 0.219. The van der Waals surface area contributed by atoms with E-state index in [1.54, 1.807) is 0 Å². The van der Waals surface area contributed by atoms with Crippen molar-refractivity contribution in [3.63, 3.8) is 0 Å². The zero-order chi connectivity index (χ0) is 26.5. The molecule has 2 aromatic rings. The first kappa shape index (κ1) is 29.0. The average molecular weight is 501 g/mol. The molecule has 0 bridgehead atoms. The lowest BCUT2D eigenvalue weighted by Gasteiger charge is -2.19. The summed E-state index contributed by atoms with van der Waals surface area (Å²) in [5, 5.41) is 18.6. The van der Waals surface area contributed by atoms with Gasteiger partial charge in [0.25, 0.3) is 0 Å². The van der Waals surface area contributed by atoms with E-state index in [1.807, 2.05) is 18.2 Å². The van der Waals surface area contributed by atoms with Gasteiger partial charge in [0.15, 0.2) is 0 Å². The van der Waals surface area contributed by atoms with Gasteiger partial charge in [0.1, 0.15) is 23.9 Å². The number of unbranched alkanes of at least 4 members (excludes halogenated alkanes) is 4. The van der Waals surface area contributed by atoms with Crippen molar-refractivity contribution in [1.29, 1.82) is 0 Å². The Morgan fingerprint density at radius 3 is 1.58 bits per heavy atom. The first-order chi connectivity index (χ1) is 17.2. The van der Waals surface area contributed by atoms with Crippen LogP contribution < -0.4 is 14.2 Å². The number of hydrogen-bond acceptors (Lipinski definition) is 5. The van der Waals surface area contributed by atoms with Crippen molar-refractivity contribution in [2.75, 3.05) is 0 Å². The lowest BCUT2D eigenvalue weighted by molar-refractivity contribution is 0.0696. The molecule has 0 heterocycles. The Hall–Kier alpha value is -3.22. The van der Waals surface area contributed by atoms with Crippen LogP contribution in [0.15, 0.2) is 36.4 Å². The van der Waals surface area contributed by atoms with Crippen LogP contribution in [0.4, 0.5) is 0 Å². The zero-order valence-corrected chi connectivity index (χ0v) is 21.9. The maximum Gasteiger partial charge on any atom is 0.335 e. The number of carboxylic acids is 2. The number of ether oxygens (including phenoxy) is 3. The van der Waals surface area contributed by atoms with Gasteiger partial charge in [-0.25, -0.2) is 9.59 Å². The molecule has 0 aliphatic heterocycles. The van der Waals surface area contributed by atoms with E-state index >= 15 is 0 Å². The van der Waals surface area contributed by atoms with Crippen LogP contribution in [0, 0.1) is 0 Å². The van der Waals surface area contributed by atoms with E-state index in [0.29, 0.717) is 11.5 Å². The first-order valence-electron chi connectivity index (χ1n) is 12.9. The molecule has 0 spiro atoms. The van der Waals surface area contributed by atoms with Gasteiger partial charge in [-0.2, -0.15) is 0 Å². The van der Waals surface area contributed by atoms with Gasteiger partial charge in [0, 0.05) is 6.07 Å². The number of carboxylic acid groups (broad SMARTS) is 2. The van der Waals surface area contributed by atoms with E-state index in [9.17, 15) is 19.8 Å². The molecule has 2 N–H and O–H groups in total. The van der Waals surface area contributed by atoms with E-state index in [0.717, 1.165) is 50.2 Å². The van der Waals surface area contributed by atoms with Crippen LogP contribution in [0.25, 0.3) is 0 Å². The molecule has 2 unspecified atom stereocenters. The summed E-state index contributed by atoms with van der Waals surface area (Å²) in [6, 6.07) is 9.39. The summed E-state index contributed by atoms with van der Waals surface area (Å²) in [5.74, 6) is -0.906. The highest BCUT2D eigenvalue weighted by molar-refractivity contribution is 5.94. The third-order valence-corrected chi connectivity index (χ3v) is 5.85. The normalized spacial score (nSPS) is 12.6.